The third-order valence-electron chi connectivity index (χ3n) is 3.50. The zero-order valence-electron chi connectivity index (χ0n) is 13.6. The van der Waals surface area contributed by atoms with E-state index in [0.717, 1.165) is 18.2 Å². The van der Waals surface area contributed by atoms with Gasteiger partial charge < -0.3 is 10.2 Å². The van der Waals surface area contributed by atoms with Gasteiger partial charge in [0.2, 0.25) is 0 Å². The lowest BCUT2D eigenvalue weighted by Crippen LogP contribution is -2.38. The number of aromatic nitrogens is 2. The van der Waals surface area contributed by atoms with Gasteiger partial charge in [-0.05, 0) is 30.0 Å². The van der Waals surface area contributed by atoms with Crippen molar-refractivity contribution in [2.45, 2.75) is 18.0 Å². The van der Waals surface area contributed by atoms with Crippen LogP contribution in [0.3, 0.4) is 0 Å². The van der Waals surface area contributed by atoms with Gasteiger partial charge in [-0.25, -0.2) is 0 Å². The van der Waals surface area contributed by atoms with E-state index >= 15 is 0 Å². The number of aryl methyl sites for hydroxylation is 1. The molecular formula is C16H23N5S. The van der Waals surface area contributed by atoms with Gasteiger partial charge in [0.15, 0.2) is 5.96 Å². The SMILES string of the molecule is CN=C(NCc1ccnn1C)N(C)Cc1ccc(SC)cc1. The number of aliphatic imine (C=N–C) groups is 1. The molecule has 6 heteroatoms. The highest BCUT2D eigenvalue weighted by atomic mass is 32.2. The van der Waals surface area contributed by atoms with Crippen LogP contribution >= 0.6 is 11.8 Å². The van der Waals surface area contributed by atoms with Gasteiger partial charge in [-0.2, -0.15) is 5.10 Å². The fourth-order valence-corrected chi connectivity index (χ4v) is 2.62. The molecule has 2 rings (SSSR count). The third kappa shape index (κ3) is 4.27. The largest absolute Gasteiger partial charge is 0.351 e. The van der Waals surface area contributed by atoms with Gasteiger partial charge in [0.05, 0.1) is 12.2 Å². The first-order valence-electron chi connectivity index (χ1n) is 7.15. The summed E-state index contributed by atoms with van der Waals surface area (Å²) < 4.78 is 1.86. The molecule has 0 aliphatic heterocycles. The molecule has 1 N–H and O–H groups in total. The van der Waals surface area contributed by atoms with E-state index in [2.05, 4.69) is 50.8 Å². The van der Waals surface area contributed by atoms with Gasteiger partial charge >= 0.3 is 0 Å². The van der Waals surface area contributed by atoms with Crippen LogP contribution in [-0.2, 0) is 20.1 Å². The number of hydrogen-bond donors (Lipinski definition) is 1. The van der Waals surface area contributed by atoms with Crippen molar-refractivity contribution in [1.82, 2.24) is 20.0 Å². The fraction of sp³-hybridized carbons (Fsp3) is 0.375. The third-order valence-corrected chi connectivity index (χ3v) is 4.25. The first-order chi connectivity index (χ1) is 10.6. The Labute approximate surface area is 136 Å². The highest BCUT2D eigenvalue weighted by molar-refractivity contribution is 7.98. The van der Waals surface area contributed by atoms with E-state index in [1.165, 1.54) is 10.5 Å². The van der Waals surface area contributed by atoms with Gasteiger partial charge in [-0.3, -0.25) is 9.67 Å². The molecule has 0 aliphatic rings. The summed E-state index contributed by atoms with van der Waals surface area (Å²) in [4.78, 5) is 7.74. The van der Waals surface area contributed by atoms with Crippen molar-refractivity contribution in [2.24, 2.45) is 12.0 Å². The summed E-state index contributed by atoms with van der Waals surface area (Å²) in [6.07, 6.45) is 3.89. The van der Waals surface area contributed by atoms with E-state index in [-0.39, 0.29) is 0 Å². The normalized spacial score (nSPS) is 11.5. The van der Waals surface area contributed by atoms with Crippen molar-refractivity contribution in [2.75, 3.05) is 20.4 Å². The van der Waals surface area contributed by atoms with E-state index in [1.807, 2.05) is 24.8 Å². The van der Waals surface area contributed by atoms with Crippen molar-refractivity contribution in [1.29, 1.82) is 0 Å². The minimum absolute atomic E-state index is 0.707. The molecular weight excluding hydrogens is 294 g/mol. The molecule has 118 valence electrons. The van der Waals surface area contributed by atoms with Crippen molar-refractivity contribution >= 4 is 17.7 Å². The maximum Gasteiger partial charge on any atom is 0.194 e. The van der Waals surface area contributed by atoms with Gasteiger partial charge in [-0.15, -0.1) is 11.8 Å². The Morgan fingerprint density at radius 3 is 2.59 bits per heavy atom. The zero-order chi connectivity index (χ0) is 15.9. The number of guanidine groups is 1. The van der Waals surface area contributed by atoms with Gasteiger partial charge in [0.1, 0.15) is 0 Å². The molecule has 0 radical (unpaired) electrons. The number of nitrogens with one attached hydrogen (secondary N) is 1. The predicted octanol–water partition coefficient (Wildman–Crippen LogP) is 2.35. The highest BCUT2D eigenvalue weighted by Gasteiger charge is 2.07. The maximum absolute atomic E-state index is 4.34. The molecule has 0 fully saturated rings. The number of rotatable bonds is 5. The van der Waals surface area contributed by atoms with Crippen LogP contribution in [0.25, 0.3) is 0 Å². The zero-order valence-corrected chi connectivity index (χ0v) is 14.4. The lowest BCUT2D eigenvalue weighted by atomic mass is 10.2. The Hall–Kier alpha value is -1.95. The molecule has 0 saturated carbocycles. The van der Waals surface area contributed by atoms with Crippen LogP contribution in [0, 0.1) is 0 Å². The smallest absolute Gasteiger partial charge is 0.194 e. The fourth-order valence-electron chi connectivity index (χ4n) is 2.21. The second-order valence-corrected chi connectivity index (χ2v) is 5.93. The monoisotopic (exact) mass is 317 g/mol. The van der Waals surface area contributed by atoms with Crippen LogP contribution in [-0.4, -0.2) is 41.0 Å². The lowest BCUT2D eigenvalue weighted by Gasteiger charge is -2.22. The van der Waals surface area contributed by atoms with Crippen LogP contribution in [0.5, 0.6) is 0 Å². The van der Waals surface area contributed by atoms with Gasteiger partial charge in [-0.1, -0.05) is 12.1 Å². The molecule has 0 bridgehead atoms. The second kappa shape index (κ2) is 7.89. The van der Waals surface area contributed by atoms with Crippen LogP contribution in [0.4, 0.5) is 0 Å². The summed E-state index contributed by atoms with van der Waals surface area (Å²) in [5.41, 5.74) is 2.39. The Kier molecular flexibility index (Phi) is 5.89. The maximum atomic E-state index is 4.34. The van der Waals surface area contributed by atoms with E-state index < -0.39 is 0 Å². The number of thioether (sulfide) groups is 1. The van der Waals surface area contributed by atoms with E-state index in [4.69, 9.17) is 0 Å². The summed E-state index contributed by atoms with van der Waals surface area (Å²) >= 11 is 1.76. The Morgan fingerprint density at radius 1 is 1.32 bits per heavy atom. The predicted molar refractivity (Wildman–Crippen MR) is 93.1 cm³/mol. The van der Waals surface area contributed by atoms with Crippen molar-refractivity contribution < 1.29 is 0 Å². The molecule has 1 aromatic carbocycles. The molecule has 1 heterocycles. The van der Waals surface area contributed by atoms with Crippen LogP contribution in [0.15, 0.2) is 46.4 Å². The van der Waals surface area contributed by atoms with Crippen molar-refractivity contribution in [3.8, 4) is 0 Å². The first kappa shape index (κ1) is 16.4. The van der Waals surface area contributed by atoms with E-state index in [1.54, 1.807) is 25.0 Å². The minimum Gasteiger partial charge on any atom is -0.351 e. The summed E-state index contributed by atoms with van der Waals surface area (Å²) in [7, 11) is 5.79. The molecule has 0 aliphatic carbocycles. The van der Waals surface area contributed by atoms with Crippen LogP contribution in [0.2, 0.25) is 0 Å². The average molecular weight is 317 g/mol. The lowest BCUT2D eigenvalue weighted by molar-refractivity contribution is 0.474. The molecule has 22 heavy (non-hydrogen) atoms. The number of hydrogen-bond acceptors (Lipinski definition) is 3. The second-order valence-electron chi connectivity index (χ2n) is 5.05. The molecule has 0 atom stereocenters. The summed E-state index contributed by atoms with van der Waals surface area (Å²) in [5, 5.41) is 7.54. The van der Waals surface area contributed by atoms with Gasteiger partial charge in [0, 0.05) is 38.8 Å². The Bertz CT molecular complexity index is 618. The van der Waals surface area contributed by atoms with Crippen molar-refractivity contribution in [3.63, 3.8) is 0 Å². The van der Waals surface area contributed by atoms with Crippen LogP contribution < -0.4 is 5.32 Å². The standard InChI is InChI=1S/C16H23N5S/c1-17-16(18-11-14-9-10-19-21(14)3)20(2)12-13-5-7-15(22-4)8-6-13/h5-10H,11-12H2,1-4H3,(H,17,18). The van der Waals surface area contributed by atoms with E-state index in [9.17, 15) is 0 Å². The number of benzene rings is 1. The van der Waals surface area contributed by atoms with Crippen molar-refractivity contribution in [3.05, 3.63) is 47.8 Å². The average Bonchev–Trinajstić information content (AvgIpc) is 2.94. The Balaban J connectivity index is 1.93. The topological polar surface area (TPSA) is 45.5 Å². The minimum atomic E-state index is 0.707. The highest BCUT2D eigenvalue weighted by Crippen LogP contribution is 2.15. The molecule has 2 aromatic rings. The molecule has 0 spiro atoms. The molecule has 5 nitrogen and oxygen atoms in total. The van der Waals surface area contributed by atoms with Crippen LogP contribution in [0.1, 0.15) is 11.3 Å². The number of nitrogens with zero attached hydrogens (tertiary/aromatic N) is 4. The van der Waals surface area contributed by atoms with E-state index in [0.29, 0.717) is 6.54 Å². The first-order valence-corrected chi connectivity index (χ1v) is 8.38. The molecule has 0 saturated heterocycles. The summed E-state index contributed by atoms with van der Waals surface area (Å²) in [6.45, 7) is 1.53. The van der Waals surface area contributed by atoms with Gasteiger partial charge in [0.25, 0.3) is 0 Å². The molecule has 0 unspecified atom stereocenters. The molecule has 1 aromatic heterocycles. The Morgan fingerprint density at radius 2 is 2.05 bits per heavy atom. The summed E-state index contributed by atoms with van der Waals surface area (Å²) in [5.74, 6) is 0.871. The molecule has 0 amide bonds. The quantitative estimate of drug-likeness (QED) is 0.522. The summed E-state index contributed by atoms with van der Waals surface area (Å²) in [6, 6.07) is 10.6.